The molecule has 0 fully saturated rings. The summed E-state index contributed by atoms with van der Waals surface area (Å²) in [6, 6.07) is 9.91. The summed E-state index contributed by atoms with van der Waals surface area (Å²) in [6.45, 7) is 3.73. The molecule has 0 aliphatic carbocycles. The summed E-state index contributed by atoms with van der Waals surface area (Å²) in [7, 11) is 0. The quantitative estimate of drug-likeness (QED) is 0.815. The molecule has 0 bridgehead atoms. The fourth-order valence-electron chi connectivity index (χ4n) is 1.98. The number of imidazole rings is 1. The molecule has 1 atom stereocenters. The number of aliphatic hydroxyl groups is 1. The smallest absolute Gasteiger partial charge is 0.122 e. The Balaban J connectivity index is 2.00. The molecule has 0 unspecified atom stereocenters. The minimum Gasteiger partial charge on any atom is -0.394 e. The fourth-order valence-corrected chi connectivity index (χ4v) is 1.98. The number of aromatic nitrogens is 2. The zero-order chi connectivity index (χ0) is 12.8. The van der Waals surface area contributed by atoms with Gasteiger partial charge in [0.25, 0.3) is 0 Å². The predicted octanol–water partition coefficient (Wildman–Crippen LogP) is 1.73. The van der Waals surface area contributed by atoms with Gasteiger partial charge in [-0.15, -0.1) is 0 Å². The molecule has 18 heavy (non-hydrogen) atoms. The Labute approximate surface area is 107 Å². The van der Waals surface area contributed by atoms with Gasteiger partial charge in [-0.1, -0.05) is 30.3 Å². The first-order valence-electron chi connectivity index (χ1n) is 6.24. The van der Waals surface area contributed by atoms with E-state index < -0.39 is 0 Å². The molecule has 0 saturated carbocycles. The Morgan fingerprint density at radius 2 is 2.11 bits per heavy atom. The maximum atomic E-state index is 9.44. The highest BCUT2D eigenvalue weighted by Gasteiger charge is 2.10. The molecule has 2 N–H and O–H groups in total. The van der Waals surface area contributed by atoms with E-state index in [9.17, 15) is 5.11 Å². The largest absolute Gasteiger partial charge is 0.394 e. The average molecular weight is 245 g/mol. The zero-order valence-corrected chi connectivity index (χ0v) is 10.6. The van der Waals surface area contributed by atoms with Crippen LogP contribution in [0.2, 0.25) is 0 Å². The van der Waals surface area contributed by atoms with Crippen LogP contribution in [0.25, 0.3) is 0 Å². The molecule has 0 aliphatic rings. The molecule has 96 valence electrons. The zero-order valence-electron chi connectivity index (χ0n) is 10.6. The maximum absolute atomic E-state index is 9.44. The third-order valence-corrected chi connectivity index (χ3v) is 3.03. The second-order valence-corrected chi connectivity index (χ2v) is 4.16. The number of rotatable bonds is 6. The van der Waals surface area contributed by atoms with Gasteiger partial charge in [0.05, 0.1) is 19.2 Å². The Kier molecular flexibility index (Phi) is 4.50. The van der Waals surface area contributed by atoms with Crippen LogP contribution in [-0.4, -0.2) is 21.3 Å². The number of benzene rings is 1. The number of aliphatic hydroxyl groups excluding tert-OH is 1. The average Bonchev–Trinajstić information content (AvgIpc) is 2.88. The Bertz CT molecular complexity index is 467. The van der Waals surface area contributed by atoms with Crippen LogP contribution in [0.3, 0.4) is 0 Å². The van der Waals surface area contributed by atoms with Gasteiger partial charge in [-0.3, -0.25) is 0 Å². The Morgan fingerprint density at radius 1 is 1.33 bits per heavy atom. The minimum atomic E-state index is -0.0480. The third kappa shape index (κ3) is 2.97. The Morgan fingerprint density at radius 3 is 2.78 bits per heavy atom. The van der Waals surface area contributed by atoms with Crippen LogP contribution < -0.4 is 5.32 Å². The van der Waals surface area contributed by atoms with E-state index in [-0.39, 0.29) is 12.6 Å². The van der Waals surface area contributed by atoms with Gasteiger partial charge in [0, 0.05) is 18.9 Å². The third-order valence-electron chi connectivity index (χ3n) is 3.03. The standard InChI is InChI=1S/C14H19N3O/c1-2-17-9-8-15-14(17)10-16-13(11-18)12-6-4-3-5-7-12/h3-9,13,16,18H,2,10-11H2,1H3/t13-/m0/s1. The lowest BCUT2D eigenvalue weighted by Gasteiger charge is -2.16. The van der Waals surface area contributed by atoms with Gasteiger partial charge >= 0.3 is 0 Å². The van der Waals surface area contributed by atoms with Crippen molar-refractivity contribution in [1.82, 2.24) is 14.9 Å². The lowest BCUT2D eigenvalue weighted by Crippen LogP contribution is -2.25. The van der Waals surface area contributed by atoms with Crippen molar-refractivity contribution in [2.24, 2.45) is 0 Å². The van der Waals surface area contributed by atoms with E-state index in [1.165, 1.54) is 0 Å². The second-order valence-electron chi connectivity index (χ2n) is 4.16. The molecular formula is C14H19N3O. The predicted molar refractivity (Wildman–Crippen MR) is 71.0 cm³/mol. The first-order valence-corrected chi connectivity index (χ1v) is 6.24. The van der Waals surface area contributed by atoms with E-state index in [2.05, 4.69) is 21.8 Å². The van der Waals surface area contributed by atoms with Crippen LogP contribution in [0.1, 0.15) is 24.4 Å². The minimum absolute atomic E-state index is 0.0480. The fraction of sp³-hybridized carbons (Fsp3) is 0.357. The summed E-state index contributed by atoms with van der Waals surface area (Å²) in [5, 5.41) is 12.8. The van der Waals surface area contributed by atoms with Crippen molar-refractivity contribution in [1.29, 1.82) is 0 Å². The summed E-state index contributed by atoms with van der Waals surface area (Å²) < 4.78 is 2.09. The van der Waals surface area contributed by atoms with E-state index in [1.807, 2.05) is 36.5 Å². The summed E-state index contributed by atoms with van der Waals surface area (Å²) in [4.78, 5) is 4.31. The van der Waals surface area contributed by atoms with Gasteiger partial charge in [0.1, 0.15) is 5.82 Å². The maximum Gasteiger partial charge on any atom is 0.122 e. The van der Waals surface area contributed by atoms with E-state index in [4.69, 9.17) is 0 Å². The van der Waals surface area contributed by atoms with Crippen molar-refractivity contribution >= 4 is 0 Å². The topological polar surface area (TPSA) is 50.1 Å². The van der Waals surface area contributed by atoms with Crippen LogP contribution in [0.4, 0.5) is 0 Å². The number of nitrogens with one attached hydrogen (secondary N) is 1. The van der Waals surface area contributed by atoms with Crippen LogP contribution >= 0.6 is 0 Å². The highest BCUT2D eigenvalue weighted by atomic mass is 16.3. The number of nitrogens with zero attached hydrogens (tertiary/aromatic N) is 2. The van der Waals surface area contributed by atoms with Crippen LogP contribution in [0.5, 0.6) is 0 Å². The van der Waals surface area contributed by atoms with Gasteiger partial charge in [-0.2, -0.15) is 0 Å². The SMILES string of the molecule is CCn1ccnc1CN[C@@H](CO)c1ccccc1. The van der Waals surface area contributed by atoms with Crippen molar-refractivity contribution in [3.05, 3.63) is 54.1 Å². The van der Waals surface area contributed by atoms with Gasteiger partial charge in [0.2, 0.25) is 0 Å². The normalized spacial score (nSPS) is 12.6. The van der Waals surface area contributed by atoms with Crippen molar-refractivity contribution in [3.63, 3.8) is 0 Å². The first kappa shape index (κ1) is 12.8. The van der Waals surface area contributed by atoms with E-state index >= 15 is 0 Å². The molecule has 1 heterocycles. The van der Waals surface area contributed by atoms with Gasteiger partial charge < -0.3 is 15.0 Å². The van der Waals surface area contributed by atoms with E-state index in [0.717, 1.165) is 17.9 Å². The number of aryl methyl sites for hydroxylation is 1. The molecular weight excluding hydrogens is 226 g/mol. The summed E-state index contributed by atoms with van der Waals surface area (Å²) in [6.07, 6.45) is 3.77. The highest BCUT2D eigenvalue weighted by molar-refractivity contribution is 5.18. The molecule has 0 saturated heterocycles. The molecule has 0 radical (unpaired) electrons. The van der Waals surface area contributed by atoms with Crippen molar-refractivity contribution in [3.8, 4) is 0 Å². The molecule has 0 aliphatic heterocycles. The molecule has 0 amide bonds. The number of hydrogen-bond donors (Lipinski definition) is 2. The lowest BCUT2D eigenvalue weighted by atomic mass is 10.1. The summed E-state index contributed by atoms with van der Waals surface area (Å²) in [5.74, 6) is 0.992. The first-order chi connectivity index (χ1) is 8.85. The van der Waals surface area contributed by atoms with Crippen molar-refractivity contribution < 1.29 is 5.11 Å². The Hall–Kier alpha value is -1.65. The highest BCUT2D eigenvalue weighted by Crippen LogP contribution is 2.12. The summed E-state index contributed by atoms with van der Waals surface area (Å²) >= 11 is 0. The molecule has 4 heteroatoms. The second kappa shape index (κ2) is 6.33. The van der Waals surface area contributed by atoms with Gasteiger partial charge in [-0.05, 0) is 12.5 Å². The van der Waals surface area contributed by atoms with Crippen LogP contribution in [0, 0.1) is 0 Å². The molecule has 1 aromatic carbocycles. The van der Waals surface area contributed by atoms with Crippen LogP contribution in [0.15, 0.2) is 42.7 Å². The molecule has 2 aromatic rings. The van der Waals surface area contributed by atoms with Crippen LogP contribution in [-0.2, 0) is 13.1 Å². The lowest BCUT2D eigenvalue weighted by molar-refractivity contribution is 0.242. The van der Waals surface area contributed by atoms with Gasteiger partial charge in [-0.25, -0.2) is 4.98 Å². The molecule has 1 aromatic heterocycles. The number of hydrogen-bond acceptors (Lipinski definition) is 3. The van der Waals surface area contributed by atoms with Crippen molar-refractivity contribution in [2.45, 2.75) is 26.1 Å². The van der Waals surface area contributed by atoms with Gasteiger partial charge in [0.15, 0.2) is 0 Å². The van der Waals surface area contributed by atoms with E-state index in [1.54, 1.807) is 6.20 Å². The van der Waals surface area contributed by atoms with E-state index in [0.29, 0.717) is 6.54 Å². The molecule has 4 nitrogen and oxygen atoms in total. The monoisotopic (exact) mass is 245 g/mol. The summed E-state index contributed by atoms with van der Waals surface area (Å²) in [5.41, 5.74) is 1.09. The molecule has 2 rings (SSSR count). The molecule has 0 spiro atoms. The van der Waals surface area contributed by atoms with Crippen molar-refractivity contribution in [2.75, 3.05) is 6.61 Å².